The van der Waals surface area contributed by atoms with Crippen LogP contribution in [0.1, 0.15) is 122 Å². The molecule has 2 N–H and O–H groups in total. The molecule has 3 aliphatic rings. The number of imide groups is 1. The average Bonchev–Trinajstić information content (AvgIpc) is 3.85. The largest absolute Gasteiger partial charge is 0.352 e. The molecular formula is C41H47F2N7O4. The molecule has 5 heterocycles. The number of nitrogens with zero attached hydrogens (tertiary/aromatic N) is 5. The summed E-state index contributed by atoms with van der Waals surface area (Å²) in [4.78, 5) is 58.4. The van der Waals surface area contributed by atoms with Crippen LogP contribution in [0.4, 0.5) is 14.6 Å². The highest BCUT2D eigenvalue weighted by atomic mass is 19.1. The van der Waals surface area contributed by atoms with E-state index in [0.29, 0.717) is 67.3 Å². The topological polar surface area (TPSA) is 129 Å². The van der Waals surface area contributed by atoms with E-state index in [0.717, 1.165) is 82.2 Å². The van der Waals surface area contributed by atoms with Gasteiger partial charge in [-0.05, 0) is 86.3 Å². The summed E-state index contributed by atoms with van der Waals surface area (Å²) in [6.45, 7) is 2.64. The second-order valence-electron chi connectivity index (χ2n) is 14.7. The number of aromatic nitrogens is 3. The van der Waals surface area contributed by atoms with Crippen molar-refractivity contribution in [2.45, 2.75) is 94.9 Å². The van der Waals surface area contributed by atoms with Crippen molar-refractivity contribution in [3.63, 3.8) is 0 Å². The van der Waals surface area contributed by atoms with Crippen LogP contribution in [0.2, 0.25) is 0 Å². The number of benzene rings is 2. The maximum atomic E-state index is 14.6. The Morgan fingerprint density at radius 1 is 0.870 bits per heavy atom. The van der Waals surface area contributed by atoms with Crippen LogP contribution >= 0.6 is 0 Å². The van der Waals surface area contributed by atoms with Crippen LogP contribution in [0.25, 0.3) is 5.65 Å². The molecule has 0 bridgehead atoms. The van der Waals surface area contributed by atoms with E-state index in [1.807, 2.05) is 21.9 Å². The molecular weight excluding hydrogens is 692 g/mol. The van der Waals surface area contributed by atoms with E-state index in [2.05, 4.69) is 27.9 Å². The molecule has 2 aromatic carbocycles. The summed E-state index contributed by atoms with van der Waals surface area (Å²) < 4.78 is 30.1. The molecule has 54 heavy (non-hydrogen) atoms. The van der Waals surface area contributed by atoms with Gasteiger partial charge in [0.15, 0.2) is 5.65 Å². The van der Waals surface area contributed by atoms with E-state index in [1.54, 1.807) is 16.8 Å². The molecule has 0 spiro atoms. The molecule has 0 radical (unpaired) electrons. The second-order valence-corrected chi connectivity index (χ2v) is 14.7. The molecule has 0 aliphatic carbocycles. The molecule has 284 valence electrons. The summed E-state index contributed by atoms with van der Waals surface area (Å²) in [7, 11) is 0. The molecule has 7 rings (SSSR count). The summed E-state index contributed by atoms with van der Waals surface area (Å²) >= 11 is 0. The highest BCUT2D eigenvalue weighted by Crippen LogP contribution is 2.37. The maximum Gasteiger partial charge on any atom is 0.256 e. The van der Waals surface area contributed by atoms with Crippen LogP contribution < -0.4 is 15.5 Å². The van der Waals surface area contributed by atoms with Gasteiger partial charge in [-0.1, -0.05) is 43.5 Å². The van der Waals surface area contributed by atoms with Crippen LogP contribution in [0.3, 0.4) is 0 Å². The van der Waals surface area contributed by atoms with Gasteiger partial charge in [-0.15, -0.1) is 0 Å². The first-order chi connectivity index (χ1) is 26.2. The van der Waals surface area contributed by atoms with Crippen molar-refractivity contribution < 1.29 is 28.0 Å². The Kier molecular flexibility index (Phi) is 11.6. The lowest BCUT2D eigenvalue weighted by Gasteiger charge is -2.32. The Bertz CT molecular complexity index is 1990. The van der Waals surface area contributed by atoms with Crippen molar-refractivity contribution in [2.75, 3.05) is 31.1 Å². The minimum atomic E-state index is -0.481. The predicted octanol–water partition coefficient (Wildman–Crippen LogP) is 6.35. The summed E-state index contributed by atoms with van der Waals surface area (Å²) in [6.07, 6.45) is 12.5. The summed E-state index contributed by atoms with van der Waals surface area (Å²) in [5.74, 6) is -0.718. The van der Waals surface area contributed by atoms with Crippen LogP contribution in [0, 0.1) is 11.6 Å². The number of rotatable bonds is 13. The average molecular weight is 740 g/mol. The summed E-state index contributed by atoms with van der Waals surface area (Å²) in [6, 6.07) is 13.1. The lowest BCUT2D eigenvalue weighted by Crippen LogP contribution is -2.39. The van der Waals surface area contributed by atoms with Gasteiger partial charge in [0.05, 0.1) is 18.2 Å². The quantitative estimate of drug-likeness (QED) is 0.121. The van der Waals surface area contributed by atoms with Crippen molar-refractivity contribution in [1.82, 2.24) is 30.1 Å². The van der Waals surface area contributed by atoms with Crippen LogP contribution in [0.5, 0.6) is 0 Å². The molecule has 3 aliphatic heterocycles. The molecule has 2 aromatic heterocycles. The van der Waals surface area contributed by atoms with E-state index < -0.39 is 11.6 Å². The molecule has 2 unspecified atom stereocenters. The normalized spacial score (nSPS) is 19.4. The highest BCUT2D eigenvalue weighted by molar-refractivity contribution is 6.01. The Balaban J connectivity index is 0.793. The number of anilines is 1. The minimum Gasteiger partial charge on any atom is -0.352 e. The van der Waals surface area contributed by atoms with Gasteiger partial charge in [0.2, 0.25) is 17.7 Å². The third-order valence-corrected chi connectivity index (χ3v) is 11.2. The number of carbonyl (C=O) groups is 4. The van der Waals surface area contributed by atoms with Crippen molar-refractivity contribution in [2.24, 2.45) is 0 Å². The highest BCUT2D eigenvalue weighted by Gasteiger charge is 2.31. The van der Waals surface area contributed by atoms with Crippen LogP contribution in [-0.2, 0) is 14.4 Å². The van der Waals surface area contributed by atoms with Crippen LogP contribution in [-0.4, -0.2) is 69.3 Å². The first-order valence-corrected chi connectivity index (χ1v) is 19.3. The van der Waals surface area contributed by atoms with Gasteiger partial charge in [-0.25, -0.2) is 18.3 Å². The van der Waals surface area contributed by atoms with Gasteiger partial charge in [-0.2, -0.15) is 5.10 Å². The Labute approximate surface area is 313 Å². The second kappa shape index (κ2) is 16.9. The molecule has 11 nitrogen and oxygen atoms in total. The number of amides is 4. The number of piperidine rings is 2. The van der Waals surface area contributed by atoms with Gasteiger partial charge in [0, 0.05) is 50.8 Å². The maximum absolute atomic E-state index is 14.6. The standard InChI is InChI=1S/C41H47F2N7O4/c42-30-13-15-34(43)32(25-30)35-7-6-21-49(35)36-19-24-50-39(46-36)33(26-45-50)40(53)44-20-5-3-1-2-4-8-38(52)48-22-17-28(18-23-48)27-9-11-29(12-10-27)31-14-16-37(51)47-41(31)54/h9-13,15,19,24-26,28,31,35H,1-8,14,16-18,20-23H2,(H,44,53)(H,47,51,54). The van der Waals surface area contributed by atoms with E-state index in [4.69, 9.17) is 4.98 Å². The Morgan fingerprint density at radius 3 is 2.43 bits per heavy atom. The molecule has 4 aromatic rings. The van der Waals surface area contributed by atoms with E-state index in [9.17, 15) is 28.0 Å². The predicted molar refractivity (Wildman–Crippen MR) is 199 cm³/mol. The fraction of sp³-hybridized carbons (Fsp3) is 0.463. The third-order valence-electron chi connectivity index (χ3n) is 11.2. The van der Waals surface area contributed by atoms with Gasteiger partial charge >= 0.3 is 0 Å². The number of unbranched alkanes of at least 4 members (excludes halogenated alkanes) is 4. The minimum absolute atomic E-state index is 0.206. The van der Waals surface area contributed by atoms with Crippen LogP contribution in [0.15, 0.2) is 60.9 Å². The molecule has 3 fully saturated rings. The number of likely N-dealkylation sites (tertiary alicyclic amines) is 1. The van der Waals surface area contributed by atoms with Crippen molar-refractivity contribution in [1.29, 1.82) is 0 Å². The Hall–Kier alpha value is -5.20. The first kappa shape index (κ1) is 37.1. The number of halogens is 2. The first-order valence-electron chi connectivity index (χ1n) is 19.3. The summed E-state index contributed by atoms with van der Waals surface area (Å²) in [5, 5.41) is 9.70. The van der Waals surface area contributed by atoms with E-state index in [-0.39, 0.29) is 35.6 Å². The fourth-order valence-corrected chi connectivity index (χ4v) is 8.17. The van der Waals surface area contributed by atoms with Crippen molar-refractivity contribution in [3.8, 4) is 0 Å². The van der Waals surface area contributed by atoms with E-state index in [1.165, 1.54) is 17.8 Å². The molecule has 3 saturated heterocycles. The van der Waals surface area contributed by atoms with Gasteiger partial charge in [0.1, 0.15) is 23.0 Å². The number of nitrogens with one attached hydrogen (secondary N) is 2. The lowest BCUT2D eigenvalue weighted by atomic mass is 9.86. The number of fused-ring (bicyclic) bond motifs is 1. The Morgan fingerprint density at radius 2 is 1.63 bits per heavy atom. The lowest BCUT2D eigenvalue weighted by molar-refractivity contribution is -0.134. The molecule has 4 amide bonds. The smallest absolute Gasteiger partial charge is 0.256 e. The van der Waals surface area contributed by atoms with E-state index >= 15 is 0 Å². The molecule has 0 saturated carbocycles. The number of hydrogen-bond donors (Lipinski definition) is 2. The monoisotopic (exact) mass is 739 g/mol. The third kappa shape index (κ3) is 8.45. The molecule has 13 heteroatoms. The molecule has 2 atom stereocenters. The van der Waals surface area contributed by atoms with Crippen molar-refractivity contribution >= 4 is 35.1 Å². The van der Waals surface area contributed by atoms with Gasteiger partial charge in [0.25, 0.3) is 5.91 Å². The SMILES string of the molecule is O=C1CCC(c2ccc(C3CCN(C(=O)CCCCCCCNC(=O)c4cnn5ccc(N6CCCC6c6cc(F)ccc6F)nc45)CC3)cc2)C(=O)N1. The van der Waals surface area contributed by atoms with Gasteiger partial charge < -0.3 is 15.1 Å². The zero-order chi connectivity index (χ0) is 37.6. The number of carbonyl (C=O) groups excluding carboxylic acids is 4. The summed E-state index contributed by atoms with van der Waals surface area (Å²) in [5.41, 5.74) is 3.24. The van der Waals surface area contributed by atoms with Crippen molar-refractivity contribution in [3.05, 3.63) is 94.8 Å². The zero-order valence-corrected chi connectivity index (χ0v) is 30.4. The number of hydrogen-bond acceptors (Lipinski definition) is 7. The zero-order valence-electron chi connectivity index (χ0n) is 30.4. The van der Waals surface area contributed by atoms with Gasteiger partial charge in [-0.3, -0.25) is 24.5 Å². The fourth-order valence-electron chi connectivity index (χ4n) is 8.17.